The number of nitrogens with zero attached hydrogens (tertiary/aromatic N) is 2. The lowest BCUT2D eigenvalue weighted by molar-refractivity contribution is -0.0375. The fourth-order valence-electron chi connectivity index (χ4n) is 1.09. The minimum Gasteiger partial charge on any atom is -0.286 e. The molecule has 4 nitrogen and oxygen atoms in total. The average Bonchev–Trinajstić information content (AvgIpc) is 2.16. The zero-order valence-corrected chi connectivity index (χ0v) is 7.99. The summed E-state index contributed by atoms with van der Waals surface area (Å²) >= 11 is 0. The number of amides is 1. The van der Waals surface area contributed by atoms with Crippen molar-refractivity contribution in [2.24, 2.45) is 0 Å². The van der Waals surface area contributed by atoms with Crippen molar-refractivity contribution in [1.82, 2.24) is 10.0 Å². The van der Waals surface area contributed by atoms with Gasteiger partial charge in [0.1, 0.15) is 6.67 Å². The van der Waals surface area contributed by atoms with E-state index >= 15 is 0 Å². The minimum atomic E-state index is -0.662. The average molecular weight is 198 g/mol. The fraction of sp³-hybridized carbons (Fsp3) is 0.333. The van der Waals surface area contributed by atoms with Crippen LogP contribution in [0.15, 0.2) is 12.1 Å². The summed E-state index contributed by atoms with van der Waals surface area (Å²) in [5, 5.41) is 9.38. The maximum absolute atomic E-state index is 12.2. The number of aromatic nitrogens is 1. The summed E-state index contributed by atoms with van der Waals surface area (Å²) in [5.41, 5.74) is 0.956. The maximum Gasteiger partial charge on any atom is 0.278 e. The quantitative estimate of drug-likeness (QED) is 0.576. The zero-order valence-electron chi connectivity index (χ0n) is 7.99. The van der Waals surface area contributed by atoms with Crippen LogP contribution in [0.4, 0.5) is 4.39 Å². The summed E-state index contributed by atoms with van der Waals surface area (Å²) in [7, 11) is 1.23. The monoisotopic (exact) mass is 198 g/mol. The molecular weight excluding hydrogens is 187 g/mol. The summed E-state index contributed by atoms with van der Waals surface area (Å²) in [5.74, 6) is -0.555. The molecule has 5 heteroatoms. The number of hydrogen-bond donors (Lipinski definition) is 1. The molecule has 0 aliphatic rings. The highest BCUT2D eigenvalue weighted by atomic mass is 19.1. The van der Waals surface area contributed by atoms with Gasteiger partial charge in [-0.15, -0.1) is 0 Å². The SMILES string of the molecule is Cc1nc(CF)ccc1C(=O)N(C)O. The van der Waals surface area contributed by atoms with Gasteiger partial charge in [-0.1, -0.05) is 0 Å². The Morgan fingerprint density at radius 3 is 2.71 bits per heavy atom. The van der Waals surface area contributed by atoms with Gasteiger partial charge in [-0.05, 0) is 19.1 Å². The van der Waals surface area contributed by atoms with Crippen molar-refractivity contribution in [2.75, 3.05) is 7.05 Å². The Hall–Kier alpha value is -1.49. The molecule has 0 aliphatic heterocycles. The molecule has 0 unspecified atom stereocenters. The molecule has 14 heavy (non-hydrogen) atoms. The molecule has 0 aliphatic carbocycles. The van der Waals surface area contributed by atoms with Crippen LogP contribution in [0.1, 0.15) is 21.7 Å². The largest absolute Gasteiger partial charge is 0.286 e. The van der Waals surface area contributed by atoms with E-state index in [1.54, 1.807) is 6.92 Å². The van der Waals surface area contributed by atoms with E-state index in [1.165, 1.54) is 19.2 Å². The molecule has 0 fully saturated rings. The van der Waals surface area contributed by atoms with Crippen LogP contribution in [0.2, 0.25) is 0 Å². The summed E-state index contributed by atoms with van der Waals surface area (Å²) in [6.07, 6.45) is 0. The van der Waals surface area contributed by atoms with Crippen LogP contribution in [-0.2, 0) is 6.67 Å². The van der Waals surface area contributed by atoms with Crippen molar-refractivity contribution in [1.29, 1.82) is 0 Å². The highest BCUT2D eigenvalue weighted by molar-refractivity contribution is 5.94. The highest BCUT2D eigenvalue weighted by Gasteiger charge is 2.13. The fourth-order valence-corrected chi connectivity index (χ4v) is 1.09. The number of halogens is 1. The zero-order chi connectivity index (χ0) is 10.7. The van der Waals surface area contributed by atoms with Crippen molar-refractivity contribution in [2.45, 2.75) is 13.6 Å². The van der Waals surface area contributed by atoms with Crippen molar-refractivity contribution >= 4 is 5.91 Å². The number of hydrogen-bond acceptors (Lipinski definition) is 3. The Bertz CT molecular complexity index is 353. The first-order valence-electron chi connectivity index (χ1n) is 4.05. The molecular formula is C9H11FN2O2. The van der Waals surface area contributed by atoms with E-state index in [1.807, 2.05) is 0 Å². The second-order valence-electron chi connectivity index (χ2n) is 2.90. The first-order valence-corrected chi connectivity index (χ1v) is 4.05. The van der Waals surface area contributed by atoms with Crippen LogP contribution >= 0.6 is 0 Å². The number of pyridine rings is 1. The van der Waals surface area contributed by atoms with E-state index in [-0.39, 0.29) is 11.3 Å². The van der Waals surface area contributed by atoms with Crippen LogP contribution in [-0.4, -0.2) is 28.2 Å². The Labute approximate surface area is 80.9 Å². The molecule has 0 aromatic carbocycles. The van der Waals surface area contributed by atoms with Gasteiger partial charge in [0.25, 0.3) is 5.91 Å². The van der Waals surface area contributed by atoms with Crippen molar-refractivity contribution in [3.63, 3.8) is 0 Å². The van der Waals surface area contributed by atoms with Crippen LogP contribution in [0.5, 0.6) is 0 Å². The first kappa shape index (κ1) is 10.6. The predicted molar refractivity (Wildman–Crippen MR) is 47.7 cm³/mol. The third-order valence-electron chi connectivity index (χ3n) is 1.80. The number of rotatable bonds is 2. The van der Waals surface area contributed by atoms with Gasteiger partial charge < -0.3 is 0 Å². The summed E-state index contributed by atoms with van der Waals surface area (Å²) in [6, 6.07) is 2.87. The van der Waals surface area contributed by atoms with Crippen LogP contribution < -0.4 is 0 Å². The predicted octanol–water partition coefficient (Wildman–Crippen LogP) is 1.32. The van der Waals surface area contributed by atoms with Gasteiger partial charge in [0.05, 0.1) is 17.0 Å². The van der Waals surface area contributed by atoms with Crippen molar-refractivity contribution < 1.29 is 14.4 Å². The molecule has 1 N–H and O–H groups in total. The van der Waals surface area contributed by atoms with Gasteiger partial charge in [0.2, 0.25) is 0 Å². The lowest BCUT2D eigenvalue weighted by atomic mass is 10.2. The minimum absolute atomic E-state index is 0.271. The van der Waals surface area contributed by atoms with Gasteiger partial charge in [-0.3, -0.25) is 15.0 Å². The number of hydroxylamine groups is 2. The van der Waals surface area contributed by atoms with Crippen LogP contribution in [0.25, 0.3) is 0 Å². The molecule has 1 aromatic heterocycles. The number of aryl methyl sites for hydroxylation is 1. The smallest absolute Gasteiger partial charge is 0.278 e. The standard InChI is InChI=1S/C9H11FN2O2/c1-6-8(9(13)12(2)14)4-3-7(5-10)11-6/h3-4,14H,5H2,1-2H3. The van der Waals surface area contributed by atoms with E-state index in [9.17, 15) is 9.18 Å². The number of carbonyl (C=O) groups is 1. The molecule has 0 bridgehead atoms. The molecule has 1 aromatic rings. The topological polar surface area (TPSA) is 53.4 Å². The summed E-state index contributed by atoms with van der Waals surface area (Å²) < 4.78 is 12.2. The second-order valence-corrected chi connectivity index (χ2v) is 2.90. The third-order valence-corrected chi connectivity index (χ3v) is 1.80. The lowest BCUT2D eigenvalue weighted by Crippen LogP contribution is -2.23. The molecule has 76 valence electrons. The van der Waals surface area contributed by atoms with E-state index < -0.39 is 12.6 Å². The van der Waals surface area contributed by atoms with Crippen molar-refractivity contribution in [3.05, 3.63) is 29.1 Å². The molecule has 1 rings (SSSR count). The lowest BCUT2D eigenvalue weighted by Gasteiger charge is -2.10. The molecule has 1 amide bonds. The second kappa shape index (κ2) is 4.15. The first-order chi connectivity index (χ1) is 6.56. The molecule has 1 heterocycles. The Balaban J connectivity index is 3.06. The number of carbonyl (C=O) groups excluding carboxylic acids is 1. The van der Waals surface area contributed by atoms with Crippen molar-refractivity contribution in [3.8, 4) is 0 Å². The van der Waals surface area contributed by atoms with E-state index in [2.05, 4.69) is 4.98 Å². The van der Waals surface area contributed by atoms with E-state index in [0.717, 1.165) is 0 Å². The molecule has 0 radical (unpaired) electrons. The molecule has 0 saturated carbocycles. The van der Waals surface area contributed by atoms with E-state index in [4.69, 9.17) is 5.21 Å². The van der Waals surface area contributed by atoms with Crippen LogP contribution in [0.3, 0.4) is 0 Å². The van der Waals surface area contributed by atoms with Gasteiger partial charge in [-0.25, -0.2) is 9.45 Å². The molecule has 0 saturated heterocycles. The van der Waals surface area contributed by atoms with E-state index in [0.29, 0.717) is 10.8 Å². The molecule has 0 atom stereocenters. The number of alkyl halides is 1. The Kier molecular flexibility index (Phi) is 3.14. The van der Waals surface area contributed by atoms with Gasteiger partial charge in [0.15, 0.2) is 0 Å². The molecule has 0 spiro atoms. The van der Waals surface area contributed by atoms with Gasteiger partial charge in [0, 0.05) is 7.05 Å². The highest BCUT2D eigenvalue weighted by Crippen LogP contribution is 2.09. The summed E-state index contributed by atoms with van der Waals surface area (Å²) in [6.45, 7) is 0.931. The Morgan fingerprint density at radius 2 is 2.29 bits per heavy atom. The van der Waals surface area contributed by atoms with Gasteiger partial charge >= 0.3 is 0 Å². The summed E-state index contributed by atoms with van der Waals surface area (Å²) in [4.78, 5) is 15.2. The van der Waals surface area contributed by atoms with Gasteiger partial charge in [-0.2, -0.15) is 0 Å². The maximum atomic E-state index is 12.2. The Morgan fingerprint density at radius 1 is 1.64 bits per heavy atom. The third kappa shape index (κ3) is 2.05. The normalized spacial score (nSPS) is 10.0. The van der Waals surface area contributed by atoms with Crippen LogP contribution in [0, 0.1) is 6.92 Å².